The second-order valence-electron chi connectivity index (χ2n) is 12.9. The number of benzene rings is 6. The molecule has 56 heavy (non-hydrogen) atoms. The molecule has 2 heterocycles. The number of para-hydroxylation sites is 2. The average Bonchev–Trinajstić information content (AvgIpc) is 3.63. The smallest absolute Gasteiger partial charge is 0.266 e. The van der Waals surface area contributed by atoms with Gasteiger partial charge in [-0.3, -0.25) is 33.6 Å². The summed E-state index contributed by atoms with van der Waals surface area (Å²) in [7, 11) is 0. The highest BCUT2D eigenvalue weighted by Gasteiger charge is 2.38. The Morgan fingerprint density at radius 1 is 0.429 bits per heavy atom. The summed E-state index contributed by atoms with van der Waals surface area (Å²) in [6.45, 7) is 0. The van der Waals surface area contributed by atoms with E-state index in [4.69, 9.17) is 0 Å². The van der Waals surface area contributed by atoms with Crippen LogP contribution in [0, 0.1) is 0 Å². The van der Waals surface area contributed by atoms with Crippen LogP contribution in [0.15, 0.2) is 152 Å². The first kappa shape index (κ1) is 35.0. The summed E-state index contributed by atoms with van der Waals surface area (Å²) in [6, 6.07) is 38.9. The van der Waals surface area contributed by atoms with Gasteiger partial charge in [-0.2, -0.15) is 0 Å². The number of carbonyl (C=O) groups is 7. The third kappa shape index (κ3) is 6.56. The Labute approximate surface area is 319 Å². The molecule has 0 aliphatic carbocycles. The van der Waals surface area contributed by atoms with Crippen LogP contribution in [0.4, 0.5) is 22.7 Å². The normalized spacial score (nSPS) is 13.2. The van der Waals surface area contributed by atoms with E-state index < -0.39 is 35.4 Å². The van der Waals surface area contributed by atoms with Crippen molar-refractivity contribution in [1.82, 2.24) is 0 Å². The number of ketones is 1. The first-order valence-electron chi connectivity index (χ1n) is 17.4. The average molecular weight is 737 g/mol. The lowest BCUT2D eigenvalue weighted by Gasteiger charge is -2.13. The number of allylic oxidation sites excluding steroid dienone is 1. The van der Waals surface area contributed by atoms with E-state index in [2.05, 4.69) is 10.6 Å². The summed E-state index contributed by atoms with van der Waals surface area (Å²) in [5.41, 5.74) is 3.60. The van der Waals surface area contributed by atoms with Gasteiger partial charge in [-0.15, -0.1) is 0 Å². The molecule has 0 saturated carbocycles. The van der Waals surface area contributed by atoms with Gasteiger partial charge in [0.1, 0.15) is 0 Å². The van der Waals surface area contributed by atoms with E-state index in [9.17, 15) is 33.6 Å². The number of hydrogen-bond donors (Lipinski definition) is 2. The van der Waals surface area contributed by atoms with Crippen LogP contribution in [0.2, 0.25) is 0 Å². The SMILES string of the molecule is O=C(C=Cc1cccc(NC(=O)c2ccc3c(c2)C(=O)N(c2ccccc2)C3=O)c1)c1cccc(NC(=O)c2ccc3c(c2)C(=O)N(c2ccccc2)C3=O)c1. The topological polar surface area (TPSA) is 150 Å². The number of rotatable bonds is 9. The van der Waals surface area contributed by atoms with Gasteiger partial charge >= 0.3 is 0 Å². The first-order valence-corrected chi connectivity index (χ1v) is 17.4. The molecule has 0 spiro atoms. The van der Waals surface area contributed by atoms with Crippen LogP contribution in [0.25, 0.3) is 6.08 Å². The minimum absolute atomic E-state index is 0.122. The molecular formula is C45H28N4O7. The predicted molar refractivity (Wildman–Crippen MR) is 210 cm³/mol. The molecule has 8 rings (SSSR count). The third-order valence-corrected chi connectivity index (χ3v) is 9.30. The maximum atomic E-state index is 13.2. The Bertz CT molecular complexity index is 2690. The number of carbonyl (C=O) groups excluding carboxylic acids is 7. The van der Waals surface area contributed by atoms with Crippen LogP contribution in [-0.4, -0.2) is 41.2 Å². The fourth-order valence-electron chi connectivity index (χ4n) is 6.53. The number of hydrogen-bond acceptors (Lipinski definition) is 7. The summed E-state index contributed by atoms with van der Waals surface area (Å²) in [4.78, 5) is 93.9. The minimum Gasteiger partial charge on any atom is -0.322 e. The van der Waals surface area contributed by atoms with E-state index in [1.807, 2.05) is 0 Å². The molecule has 6 aromatic rings. The van der Waals surface area contributed by atoms with E-state index >= 15 is 0 Å². The molecule has 0 fully saturated rings. The van der Waals surface area contributed by atoms with Crippen molar-refractivity contribution in [3.63, 3.8) is 0 Å². The van der Waals surface area contributed by atoms with Gasteiger partial charge in [0.2, 0.25) is 0 Å². The van der Waals surface area contributed by atoms with Crippen LogP contribution in [-0.2, 0) is 0 Å². The molecule has 2 N–H and O–H groups in total. The van der Waals surface area contributed by atoms with Crippen molar-refractivity contribution in [3.8, 4) is 0 Å². The number of amides is 6. The second-order valence-corrected chi connectivity index (χ2v) is 12.9. The van der Waals surface area contributed by atoms with E-state index in [0.29, 0.717) is 33.9 Å². The molecule has 0 bridgehead atoms. The van der Waals surface area contributed by atoms with E-state index in [0.717, 1.165) is 9.80 Å². The molecule has 0 aromatic heterocycles. The molecule has 0 radical (unpaired) electrons. The molecule has 0 unspecified atom stereocenters. The lowest BCUT2D eigenvalue weighted by Crippen LogP contribution is -2.29. The third-order valence-electron chi connectivity index (χ3n) is 9.30. The van der Waals surface area contributed by atoms with Gasteiger partial charge in [-0.05, 0) is 96.6 Å². The molecule has 0 saturated heterocycles. The Hall–Kier alpha value is -8.05. The van der Waals surface area contributed by atoms with Gasteiger partial charge in [-0.1, -0.05) is 66.7 Å². The van der Waals surface area contributed by atoms with E-state index in [1.165, 1.54) is 48.5 Å². The van der Waals surface area contributed by atoms with Crippen LogP contribution in [0.5, 0.6) is 0 Å². The minimum atomic E-state index is -0.528. The van der Waals surface area contributed by atoms with Crippen molar-refractivity contribution < 1.29 is 33.6 Å². The van der Waals surface area contributed by atoms with Crippen LogP contribution in [0.3, 0.4) is 0 Å². The standard InChI is InChI=1S/C45H28N4O7/c50-39(28-10-8-12-32(24-28)47-41(52)30-19-21-36-38(26-30)45(56)49(43(36)54)34-15-5-2-6-16-34)22-17-27-9-7-11-31(23-27)46-40(51)29-18-20-35-37(25-29)44(55)48(42(35)53)33-13-3-1-4-14-33/h1-26H,(H,46,51)(H,47,52). The first-order chi connectivity index (χ1) is 27.2. The van der Waals surface area contributed by atoms with Crippen molar-refractivity contribution in [3.05, 3.63) is 196 Å². The molecule has 270 valence electrons. The largest absolute Gasteiger partial charge is 0.322 e. The molecule has 11 nitrogen and oxygen atoms in total. The van der Waals surface area contributed by atoms with Crippen LogP contribution in [0.1, 0.15) is 78.1 Å². The number of anilines is 4. The summed E-state index contributed by atoms with van der Waals surface area (Å²) in [5, 5.41) is 5.55. The Morgan fingerprint density at radius 3 is 1.41 bits per heavy atom. The highest BCUT2D eigenvalue weighted by molar-refractivity contribution is 6.35. The number of nitrogens with one attached hydrogen (secondary N) is 2. The van der Waals surface area contributed by atoms with Crippen molar-refractivity contribution in [2.45, 2.75) is 0 Å². The fraction of sp³-hybridized carbons (Fsp3) is 0. The molecule has 6 aromatic carbocycles. The van der Waals surface area contributed by atoms with Crippen molar-refractivity contribution >= 4 is 70.1 Å². The second kappa shape index (κ2) is 14.4. The van der Waals surface area contributed by atoms with Crippen molar-refractivity contribution in [1.29, 1.82) is 0 Å². The predicted octanol–water partition coefficient (Wildman–Crippen LogP) is 7.69. The Morgan fingerprint density at radius 2 is 0.893 bits per heavy atom. The maximum Gasteiger partial charge on any atom is 0.266 e. The Kier molecular flexibility index (Phi) is 9.01. The number of imide groups is 2. The highest BCUT2D eigenvalue weighted by Crippen LogP contribution is 2.31. The van der Waals surface area contributed by atoms with Gasteiger partial charge < -0.3 is 10.6 Å². The highest BCUT2D eigenvalue weighted by atomic mass is 16.2. The zero-order chi connectivity index (χ0) is 38.9. The van der Waals surface area contributed by atoms with Crippen LogP contribution >= 0.6 is 0 Å². The maximum absolute atomic E-state index is 13.2. The zero-order valence-electron chi connectivity index (χ0n) is 29.3. The van der Waals surface area contributed by atoms with E-state index in [1.54, 1.807) is 109 Å². The van der Waals surface area contributed by atoms with Gasteiger partial charge in [0.15, 0.2) is 5.78 Å². The van der Waals surface area contributed by atoms with Crippen molar-refractivity contribution in [2.75, 3.05) is 20.4 Å². The summed E-state index contributed by atoms with van der Waals surface area (Å²) < 4.78 is 0. The molecule has 6 amide bonds. The summed E-state index contributed by atoms with van der Waals surface area (Å²) in [5.74, 6) is -3.33. The molecule has 2 aliphatic heterocycles. The monoisotopic (exact) mass is 736 g/mol. The van der Waals surface area contributed by atoms with Crippen LogP contribution < -0.4 is 20.4 Å². The van der Waals surface area contributed by atoms with E-state index in [-0.39, 0.29) is 39.2 Å². The molecular weight excluding hydrogens is 709 g/mol. The quantitative estimate of drug-likeness (QED) is 0.0878. The lowest BCUT2D eigenvalue weighted by molar-refractivity contribution is 0.0910. The van der Waals surface area contributed by atoms with Gasteiger partial charge in [-0.25, -0.2) is 9.80 Å². The Balaban J connectivity index is 0.911. The number of nitrogens with zero attached hydrogens (tertiary/aromatic N) is 2. The number of fused-ring (bicyclic) bond motifs is 2. The zero-order valence-corrected chi connectivity index (χ0v) is 29.3. The molecule has 0 atom stereocenters. The van der Waals surface area contributed by atoms with Crippen molar-refractivity contribution in [2.24, 2.45) is 0 Å². The fourth-order valence-corrected chi connectivity index (χ4v) is 6.53. The molecule has 2 aliphatic rings. The summed E-state index contributed by atoms with van der Waals surface area (Å²) in [6.07, 6.45) is 2.95. The van der Waals surface area contributed by atoms with Gasteiger partial charge in [0.05, 0.1) is 33.6 Å². The summed E-state index contributed by atoms with van der Waals surface area (Å²) >= 11 is 0. The lowest BCUT2D eigenvalue weighted by atomic mass is 10.0. The van der Waals surface area contributed by atoms with Gasteiger partial charge in [0.25, 0.3) is 35.4 Å². The van der Waals surface area contributed by atoms with Gasteiger partial charge in [0, 0.05) is 28.1 Å². The molecule has 11 heteroatoms.